The van der Waals surface area contributed by atoms with Gasteiger partial charge >= 0.3 is 6.09 Å². The summed E-state index contributed by atoms with van der Waals surface area (Å²) in [5.74, 6) is 5.14. The average molecular weight is 503 g/mol. The van der Waals surface area contributed by atoms with E-state index < -0.39 is 11.9 Å². The minimum atomic E-state index is -0.474. The fraction of sp³-hybridized carbons (Fsp3) is 0.480. The molecule has 11 heteroatoms. The van der Waals surface area contributed by atoms with Crippen LogP contribution >= 0.6 is 0 Å². The molecule has 1 atom stereocenters. The standard InChI is InChI=1S/C24H35FN8O2.CH4/c1-4-32(5-2)12-6-11-28-15-19-16-33(24(34)35-19)18-8-9-20(21(25)13-18)17-7-10-22(29-14-17)23(26)30-31(3)27;/h7-10,13-14,19,28H,4-6,11-12,15-16,27H2,1-3H3,(H2,26,30);1H4. The highest BCUT2D eigenvalue weighted by Gasteiger charge is 2.32. The van der Waals surface area contributed by atoms with Crippen LogP contribution in [0.25, 0.3) is 11.1 Å². The summed E-state index contributed by atoms with van der Waals surface area (Å²) in [6, 6.07) is 8.00. The Morgan fingerprint density at radius 2 is 2.06 bits per heavy atom. The maximum atomic E-state index is 15.0. The topological polar surface area (TPSA) is 125 Å². The van der Waals surface area contributed by atoms with Crippen molar-refractivity contribution < 1.29 is 13.9 Å². The molecule has 1 aliphatic heterocycles. The number of halogens is 1. The van der Waals surface area contributed by atoms with Gasteiger partial charge in [-0.1, -0.05) is 27.3 Å². The normalized spacial score (nSPS) is 15.7. The number of anilines is 1. The number of hydrazone groups is 1. The number of carbonyl (C=O) groups excluding carboxylic acids is 1. The van der Waals surface area contributed by atoms with Crippen LogP contribution < -0.4 is 21.8 Å². The Labute approximate surface area is 213 Å². The van der Waals surface area contributed by atoms with E-state index >= 15 is 0 Å². The third-order valence-electron chi connectivity index (χ3n) is 5.84. The van der Waals surface area contributed by atoms with Gasteiger partial charge in [-0.25, -0.2) is 20.1 Å². The van der Waals surface area contributed by atoms with E-state index in [9.17, 15) is 9.18 Å². The summed E-state index contributed by atoms with van der Waals surface area (Å²) in [7, 11) is 1.54. The molecule has 1 amide bonds. The molecular formula is C25H39FN8O2. The number of hydrogen-bond acceptors (Lipinski definition) is 8. The Hall–Kier alpha value is -3.28. The summed E-state index contributed by atoms with van der Waals surface area (Å²) in [6.07, 6.45) is 1.78. The van der Waals surface area contributed by atoms with Gasteiger partial charge in [0.1, 0.15) is 17.6 Å². The van der Waals surface area contributed by atoms with E-state index in [0.29, 0.717) is 35.6 Å². The minimum Gasteiger partial charge on any atom is -0.443 e. The minimum absolute atomic E-state index is 0. The van der Waals surface area contributed by atoms with Gasteiger partial charge in [-0.2, -0.15) is 0 Å². The third kappa shape index (κ3) is 7.61. The summed E-state index contributed by atoms with van der Waals surface area (Å²) in [5.41, 5.74) is 7.64. The summed E-state index contributed by atoms with van der Waals surface area (Å²) >= 11 is 0. The molecule has 5 N–H and O–H groups in total. The molecule has 3 rings (SSSR count). The number of hydrogen-bond donors (Lipinski definition) is 3. The highest BCUT2D eigenvalue weighted by Crippen LogP contribution is 2.28. The SMILES string of the molecule is C.CCN(CC)CCCNCC1CN(c2ccc(-c3ccc(/C(N)=N/N(C)N)nc3)c(F)c2)C(=O)O1. The second-order valence-corrected chi connectivity index (χ2v) is 8.36. The van der Waals surface area contributed by atoms with E-state index in [1.165, 1.54) is 17.2 Å². The number of rotatable bonds is 12. The van der Waals surface area contributed by atoms with Crippen molar-refractivity contribution in [2.75, 3.05) is 51.2 Å². The number of hydrazine groups is 1. The zero-order valence-corrected chi connectivity index (χ0v) is 20.6. The van der Waals surface area contributed by atoms with Crippen molar-refractivity contribution in [2.45, 2.75) is 33.8 Å². The number of nitrogens with zero attached hydrogens (tertiary/aromatic N) is 5. The number of ether oxygens (including phenoxy) is 1. The first-order valence-corrected chi connectivity index (χ1v) is 11.8. The van der Waals surface area contributed by atoms with Crippen molar-refractivity contribution in [1.29, 1.82) is 0 Å². The first kappa shape index (κ1) is 29.0. The first-order chi connectivity index (χ1) is 16.8. The molecule has 1 fully saturated rings. The lowest BCUT2D eigenvalue weighted by atomic mass is 10.1. The van der Waals surface area contributed by atoms with Gasteiger partial charge in [0, 0.05) is 30.9 Å². The number of amides is 1. The van der Waals surface area contributed by atoms with Gasteiger partial charge in [0.25, 0.3) is 0 Å². The van der Waals surface area contributed by atoms with Crippen molar-refractivity contribution >= 4 is 17.6 Å². The van der Waals surface area contributed by atoms with Crippen LogP contribution in [-0.4, -0.2) is 79.4 Å². The van der Waals surface area contributed by atoms with Crippen LogP contribution in [0.3, 0.4) is 0 Å². The average Bonchev–Trinajstić information content (AvgIpc) is 3.21. The molecule has 10 nitrogen and oxygen atoms in total. The third-order valence-corrected chi connectivity index (χ3v) is 5.84. The monoisotopic (exact) mass is 502 g/mol. The van der Waals surface area contributed by atoms with Crippen LogP contribution in [-0.2, 0) is 4.74 Å². The highest BCUT2D eigenvalue weighted by atomic mass is 19.1. The lowest BCUT2D eigenvalue weighted by Crippen LogP contribution is -2.33. The van der Waals surface area contributed by atoms with Crippen LogP contribution in [0.15, 0.2) is 41.6 Å². The van der Waals surface area contributed by atoms with Crippen molar-refractivity contribution in [2.24, 2.45) is 16.7 Å². The van der Waals surface area contributed by atoms with Crippen molar-refractivity contribution in [3.63, 3.8) is 0 Å². The van der Waals surface area contributed by atoms with Crippen molar-refractivity contribution in [3.05, 3.63) is 48.0 Å². The lowest BCUT2D eigenvalue weighted by molar-refractivity contribution is 0.140. The van der Waals surface area contributed by atoms with Gasteiger partial charge < -0.3 is 20.7 Å². The zero-order chi connectivity index (χ0) is 25.4. The Balaban J connectivity index is 0.00000456. The van der Waals surface area contributed by atoms with Crippen LogP contribution in [0.2, 0.25) is 0 Å². The van der Waals surface area contributed by atoms with Crippen molar-refractivity contribution in [3.8, 4) is 11.1 Å². The fourth-order valence-corrected chi connectivity index (χ4v) is 3.90. The Bertz CT molecular complexity index is 1010. The predicted octanol–water partition coefficient (Wildman–Crippen LogP) is 2.60. The summed E-state index contributed by atoms with van der Waals surface area (Å²) in [4.78, 5) is 20.4. The van der Waals surface area contributed by atoms with Gasteiger partial charge in [-0.05, 0) is 56.9 Å². The molecular weight excluding hydrogens is 463 g/mol. The maximum Gasteiger partial charge on any atom is 0.414 e. The number of nitrogens with one attached hydrogen (secondary N) is 1. The van der Waals surface area contributed by atoms with E-state index in [2.05, 4.69) is 34.1 Å². The molecule has 1 aromatic heterocycles. The predicted molar refractivity (Wildman–Crippen MR) is 142 cm³/mol. The number of aromatic nitrogens is 1. The maximum absolute atomic E-state index is 15.0. The summed E-state index contributed by atoms with van der Waals surface area (Å²) in [6.45, 7) is 9.20. The van der Waals surface area contributed by atoms with Gasteiger partial charge in [-0.15, -0.1) is 5.10 Å². The molecule has 0 saturated carbocycles. The zero-order valence-electron chi connectivity index (χ0n) is 20.6. The van der Waals surface area contributed by atoms with Crippen molar-refractivity contribution in [1.82, 2.24) is 20.3 Å². The van der Waals surface area contributed by atoms with E-state index in [-0.39, 0.29) is 19.4 Å². The molecule has 2 aromatic rings. The molecule has 1 saturated heterocycles. The lowest BCUT2D eigenvalue weighted by Gasteiger charge is -2.18. The smallest absolute Gasteiger partial charge is 0.414 e. The molecule has 0 bridgehead atoms. The number of nitrogens with two attached hydrogens (primary N) is 2. The molecule has 2 heterocycles. The van der Waals surface area contributed by atoms with Crippen LogP contribution in [0.4, 0.5) is 14.9 Å². The largest absolute Gasteiger partial charge is 0.443 e. The molecule has 0 radical (unpaired) electrons. The number of cyclic esters (lactones) is 1. The van der Waals surface area contributed by atoms with Gasteiger partial charge in [0.2, 0.25) is 0 Å². The molecule has 1 unspecified atom stereocenters. The van der Waals surface area contributed by atoms with Crippen LogP contribution in [0.5, 0.6) is 0 Å². The van der Waals surface area contributed by atoms with Gasteiger partial charge in [-0.3, -0.25) is 9.88 Å². The van der Waals surface area contributed by atoms with Crippen LogP contribution in [0.1, 0.15) is 33.4 Å². The number of amidine groups is 1. The Morgan fingerprint density at radius 1 is 1.31 bits per heavy atom. The van der Waals surface area contributed by atoms with E-state index in [1.54, 1.807) is 31.3 Å². The summed E-state index contributed by atoms with van der Waals surface area (Å²) in [5, 5.41) is 8.33. The molecule has 1 aromatic carbocycles. The molecule has 0 spiro atoms. The molecule has 0 aliphatic carbocycles. The van der Waals surface area contributed by atoms with E-state index in [4.69, 9.17) is 16.3 Å². The quantitative estimate of drug-likeness (QED) is 0.133. The number of benzene rings is 1. The Morgan fingerprint density at radius 3 is 2.67 bits per heavy atom. The highest BCUT2D eigenvalue weighted by molar-refractivity contribution is 5.95. The molecule has 198 valence electrons. The molecule has 1 aliphatic rings. The number of pyridine rings is 1. The number of carbonyl (C=O) groups is 1. The fourth-order valence-electron chi connectivity index (χ4n) is 3.90. The first-order valence-electron chi connectivity index (χ1n) is 11.8. The van der Waals surface area contributed by atoms with E-state index in [1.807, 2.05) is 0 Å². The molecule has 36 heavy (non-hydrogen) atoms. The summed E-state index contributed by atoms with van der Waals surface area (Å²) < 4.78 is 20.4. The second kappa shape index (κ2) is 13.7. The van der Waals surface area contributed by atoms with Crippen LogP contribution in [0, 0.1) is 5.82 Å². The van der Waals surface area contributed by atoms with Gasteiger partial charge in [0.05, 0.1) is 12.2 Å². The Kier molecular flexibility index (Phi) is 11.0. The van der Waals surface area contributed by atoms with E-state index in [0.717, 1.165) is 37.7 Å². The second-order valence-electron chi connectivity index (χ2n) is 8.36. The van der Waals surface area contributed by atoms with Gasteiger partial charge in [0.15, 0.2) is 5.84 Å².